The third kappa shape index (κ3) is 2.17. The van der Waals surface area contributed by atoms with E-state index in [0.29, 0.717) is 5.92 Å². The van der Waals surface area contributed by atoms with Crippen LogP contribution in [0.15, 0.2) is 17.5 Å². The van der Waals surface area contributed by atoms with Gasteiger partial charge in [0.1, 0.15) is 5.82 Å². The van der Waals surface area contributed by atoms with Gasteiger partial charge in [-0.25, -0.2) is 0 Å². The van der Waals surface area contributed by atoms with Crippen molar-refractivity contribution in [3.63, 3.8) is 0 Å². The molecule has 2 heterocycles. The van der Waals surface area contributed by atoms with Gasteiger partial charge in [0, 0.05) is 22.8 Å². The third-order valence-electron chi connectivity index (χ3n) is 3.47. The van der Waals surface area contributed by atoms with Crippen molar-refractivity contribution in [2.45, 2.75) is 44.6 Å². The summed E-state index contributed by atoms with van der Waals surface area (Å²) < 4.78 is 2.94. The minimum atomic E-state index is 0.0971. The molecule has 0 aromatic carbocycles. The topological polar surface area (TPSA) is 33.6 Å². The van der Waals surface area contributed by atoms with Gasteiger partial charge in [-0.3, -0.25) is 5.10 Å². The molecule has 5 heteroatoms. The Morgan fingerprint density at radius 2 is 2.33 bits per heavy atom. The van der Waals surface area contributed by atoms with E-state index in [0.717, 1.165) is 17.1 Å². The van der Waals surface area contributed by atoms with E-state index in [1.165, 1.54) is 17.7 Å². The number of nitrogens with zero attached hydrogens (tertiary/aromatic N) is 2. The summed E-state index contributed by atoms with van der Waals surface area (Å²) in [5.74, 6) is 1.77. The molecule has 0 spiro atoms. The van der Waals surface area contributed by atoms with Crippen LogP contribution in [0, 0.1) is 4.77 Å². The Hall–Kier alpha value is -0.940. The highest BCUT2D eigenvalue weighted by atomic mass is 32.1. The Morgan fingerprint density at radius 3 is 2.94 bits per heavy atom. The molecule has 3 nitrogen and oxygen atoms in total. The number of H-pyrrole nitrogens is 1. The van der Waals surface area contributed by atoms with Crippen molar-refractivity contribution in [1.82, 2.24) is 14.8 Å². The maximum Gasteiger partial charge on any atom is 0.195 e. The molecule has 0 aliphatic heterocycles. The Bertz CT molecular complexity index is 588. The SMILES string of the molecule is CC(C)(Cn1c(C2CC2)n[nH]c1=S)c1cccs1. The van der Waals surface area contributed by atoms with Crippen LogP contribution in [-0.2, 0) is 12.0 Å². The van der Waals surface area contributed by atoms with Crippen molar-refractivity contribution in [3.05, 3.63) is 33.0 Å². The fourth-order valence-electron chi connectivity index (χ4n) is 2.27. The summed E-state index contributed by atoms with van der Waals surface area (Å²) in [5, 5.41) is 9.47. The first-order chi connectivity index (χ1) is 8.58. The lowest BCUT2D eigenvalue weighted by Gasteiger charge is -2.24. The standard InChI is InChI=1S/C13H17N3S2/c1-13(2,10-4-3-7-18-10)8-16-11(9-5-6-9)14-15-12(16)17/h3-4,7,9H,5-6,8H2,1-2H3,(H,15,17). The first-order valence-electron chi connectivity index (χ1n) is 6.27. The number of nitrogens with one attached hydrogen (secondary N) is 1. The first-order valence-corrected chi connectivity index (χ1v) is 7.56. The van der Waals surface area contributed by atoms with Crippen LogP contribution in [0.2, 0.25) is 0 Å². The van der Waals surface area contributed by atoms with Crippen molar-refractivity contribution < 1.29 is 0 Å². The summed E-state index contributed by atoms with van der Waals surface area (Å²) in [6.45, 7) is 5.43. The van der Waals surface area contributed by atoms with Crippen LogP contribution in [0.5, 0.6) is 0 Å². The van der Waals surface area contributed by atoms with Gasteiger partial charge in [0.2, 0.25) is 0 Å². The maximum absolute atomic E-state index is 5.37. The fourth-order valence-corrected chi connectivity index (χ4v) is 3.32. The van der Waals surface area contributed by atoms with E-state index < -0.39 is 0 Å². The van der Waals surface area contributed by atoms with E-state index in [1.54, 1.807) is 0 Å². The predicted molar refractivity (Wildman–Crippen MR) is 76.7 cm³/mol. The number of hydrogen-bond acceptors (Lipinski definition) is 3. The van der Waals surface area contributed by atoms with Crippen LogP contribution < -0.4 is 0 Å². The average molecular weight is 279 g/mol. The van der Waals surface area contributed by atoms with Crippen molar-refractivity contribution in [2.75, 3.05) is 0 Å². The second kappa shape index (κ2) is 4.31. The minimum absolute atomic E-state index is 0.0971. The highest BCUT2D eigenvalue weighted by Gasteiger charge is 2.31. The normalized spacial score (nSPS) is 16.1. The largest absolute Gasteiger partial charge is 0.303 e. The van der Waals surface area contributed by atoms with E-state index in [4.69, 9.17) is 12.2 Å². The monoisotopic (exact) mass is 279 g/mol. The van der Waals surface area contributed by atoms with Gasteiger partial charge in [0.15, 0.2) is 4.77 Å². The maximum atomic E-state index is 5.37. The van der Waals surface area contributed by atoms with E-state index in [2.05, 4.69) is 46.1 Å². The quantitative estimate of drug-likeness (QED) is 0.862. The molecular formula is C13H17N3S2. The Balaban J connectivity index is 1.92. The molecule has 0 unspecified atom stereocenters. The fraction of sp³-hybridized carbons (Fsp3) is 0.538. The van der Waals surface area contributed by atoms with Crippen molar-refractivity contribution in [3.8, 4) is 0 Å². The summed E-state index contributed by atoms with van der Waals surface area (Å²) in [6.07, 6.45) is 2.50. The third-order valence-corrected chi connectivity index (χ3v) is 5.02. The molecule has 1 N–H and O–H groups in total. The molecule has 0 bridgehead atoms. The summed E-state index contributed by atoms with van der Waals surface area (Å²) in [5.41, 5.74) is 0.0971. The molecule has 3 rings (SSSR count). The van der Waals surface area contributed by atoms with Crippen LogP contribution >= 0.6 is 23.6 Å². The number of thiophene rings is 1. The van der Waals surface area contributed by atoms with Gasteiger partial charge in [-0.05, 0) is 36.5 Å². The molecule has 0 amide bonds. The minimum Gasteiger partial charge on any atom is -0.303 e. The van der Waals surface area contributed by atoms with Gasteiger partial charge in [-0.1, -0.05) is 19.9 Å². The number of aromatic amines is 1. The summed E-state index contributed by atoms with van der Waals surface area (Å²) >= 11 is 7.18. The van der Waals surface area contributed by atoms with Gasteiger partial charge >= 0.3 is 0 Å². The lowest BCUT2D eigenvalue weighted by molar-refractivity contribution is 0.429. The van der Waals surface area contributed by atoms with Crippen LogP contribution in [0.1, 0.15) is 43.3 Å². The molecule has 96 valence electrons. The van der Waals surface area contributed by atoms with Crippen molar-refractivity contribution in [2.24, 2.45) is 0 Å². The number of rotatable bonds is 4. The van der Waals surface area contributed by atoms with E-state index in [9.17, 15) is 0 Å². The molecule has 18 heavy (non-hydrogen) atoms. The molecule has 2 aromatic rings. The molecular weight excluding hydrogens is 262 g/mol. The molecule has 1 saturated carbocycles. The van der Waals surface area contributed by atoms with Crippen LogP contribution in [0.3, 0.4) is 0 Å². The molecule has 1 aliphatic carbocycles. The summed E-state index contributed by atoms with van der Waals surface area (Å²) in [4.78, 5) is 1.40. The number of aromatic nitrogens is 3. The number of hydrogen-bond donors (Lipinski definition) is 1. The molecule has 0 radical (unpaired) electrons. The molecule has 0 atom stereocenters. The molecule has 1 fully saturated rings. The Labute approximate surface area is 116 Å². The van der Waals surface area contributed by atoms with E-state index >= 15 is 0 Å². The first kappa shape index (κ1) is 12.1. The van der Waals surface area contributed by atoms with Gasteiger partial charge in [-0.2, -0.15) is 5.10 Å². The lowest BCUT2D eigenvalue weighted by atomic mass is 9.91. The van der Waals surface area contributed by atoms with Gasteiger partial charge < -0.3 is 4.57 Å². The van der Waals surface area contributed by atoms with Crippen LogP contribution in [0.25, 0.3) is 0 Å². The van der Waals surface area contributed by atoms with Gasteiger partial charge in [0.05, 0.1) is 0 Å². The predicted octanol–water partition coefficient (Wildman–Crippen LogP) is 3.86. The molecule has 1 aliphatic rings. The smallest absolute Gasteiger partial charge is 0.195 e. The molecule has 2 aromatic heterocycles. The average Bonchev–Trinajstić information content (AvgIpc) is 2.88. The lowest BCUT2D eigenvalue weighted by Crippen LogP contribution is -2.24. The van der Waals surface area contributed by atoms with Gasteiger partial charge in [-0.15, -0.1) is 11.3 Å². The molecule has 0 saturated heterocycles. The second-order valence-corrected chi connectivity index (χ2v) is 6.94. The zero-order chi connectivity index (χ0) is 12.8. The zero-order valence-corrected chi connectivity index (χ0v) is 12.3. The van der Waals surface area contributed by atoms with E-state index in [-0.39, 0.29) is 5.41 Å². The van der Waals surface area contributed by atoms with Crippen LogP contribution in [0.4, 0.5) is 0 Å². The Kier molecular flexibility index (Phi) is 2.90. The van der Waals surface area contributed by atoms with E-state index in [1.807, 2.05) is 11.3 Å². The van der Waals surface area contributed by atoms with Crippen molar-refractivity contribution in [1.29, 1.82) is 0 Å². The second-order valence-electron chi connectivity index (χ2n) is 5.61. The van der Waals surface area contributed by atoms with Gasteiger partial charge in [0.25, 0.3) is 0 Å². The van der Waals surface area contributed by atoms with Crippen molar-refractivity contribution >= 4 is 23.6 Å². The zero-order valence-electron chi connectivity index (χ0n) is 10.6. The Morgan fingerprint density at radius 1 is 1.56 bits per heavy atom. The highest BCUT2D eigenvalue weighted by molar-refractivity contribution is 7.71. The van der Waals surface area contributed by atoms with Crippen LogP contribution in [-0.4, -0.2) is 14.8 Å². The summed E-state index contributed by atoms with van der Waals surface area (Å²) in [7, 11) is 0. The highest BCUT2D eigenvalue weighted by Crippen LogP contribution is 2.40. The summed E-state index contributed by atoms with van der Waals surface area (Å²) in [6, 6.07) is 4.31.